The molecule has 1 nitrogen and oxygen atoms in total. The minimum atomic E-state index is 0.401. The van der Waals surface area contributed by atoms with Gasteiger partial charge >= 0.3 is 97.9 Å². The molecule has 0 radical (unpaired) electrons. The van der Waals surface area contributed by atoms with Gasteiger partial charge in [-0.25, -0.2) is 0 Å². The molecule has 0 amide bonds. The molecule has 0 aliphatic rings. The van der Waals surface area contributed by atoms with Gasteiger partial charge in [0.15, 0.2) is 0 Å². The third kappa shape index (κ3) is 1.01. The number of fused-ring (bicyclic) bond motifs is 5. The molecule has 0 atom stereocenters. The molecule has 16 heavy (non-hydrogen) atoms. The third-order valence-corrected chi connectivity index (χ3v) is 5.38. The fraction of sp³-hybridized carbons (Fsp3) is 0. The molecule has 4 aromatic rings. The van der Waals surface area contributed by atoms with Crippen molar-refractivity contribution in [2.24, 2.45) is 0 Å². The van der Waals surface area contributed by atoms with E-state index in [2.05, 4.69) is 36.4 Å². The molecule has 0 saturated carbocycles. The van der Waals surface area contributed by atoms with Crippen molar-refractivity contribution in [2.75, 3.05) is 0 Å². The van der Waals surface area contributed by atoms with Gasteiger partial charge in [-0.3, -0.25) is 0 Å². The van der Waals surface area contributed by atoms with Crippen LogP contribution in [0.15, 0.2) is 52.9 Å². The van der Waals surface area contributed by atoms with Gasteiger partial charge in [-0.05, 0) is 0 Å². The van der Waals surface area contributed by atoms with E-state index >= 15 is 0 Å². The summed E-state index contributed by atoms with van der Waals surface area (Å²) in [6.45, 7) is 0. The molecular weight excluding hydrogens is 263 g/mol. The van der Waals surface area contributed by atoms with Gasteiger partial charge in [-0.15, -0.1) is 0 Å². The number of rotatable bonds is 0. The SMILES string of the molecule is c1ccc2c(c1)oc1c3ccccc3[se]c21. The van der Waals surface area contributed by atoms with Crippen molar-refractivity contribution < 1.29 is 4.42 Å². The van der Waals surface area contributed by atoms with E-state index < -0.39 is 0 Å². The molecule has 0 saturated heterocycles. The van der Waals surface area contributed by atoms with Crippen molar-refractivity contribution in [3.63, 3.8) is 0 Å². The van der Waals surface area contributed by atoms with Crippen LogP contribution < -0.4 is 0 Å². The number of para-hydroxylation sites is 1. The first-order valence-electron chi connectivity index (χ1n) is 5.22. The number of furan rings is 1. The van der Waals surface area contributed by atoms with Gasteiger partial charge in [0.25, 0.3) is 0 Å². The van der Waals surface area contributed by atoms with E-state index in [0.717, 1.165) is 11.2 Å². The van der Waals surface area contributed by atoms with Gasteiger partial charge in [-0.2, -0.15) is 0 Å². The maximum atomic E-state index is 5.95. The van der Waals surface area contributed by atoms with Crippen LogP contribution in [0.2, 0.25) is 0 Å². The summed E-state index contributed by atoms with van der Waals surface area (Å²) in [6.07, 6.45) is 0. The molecular formula is C14H8OSe. The van der Waals surface area contributed by atoms with Crippen molar-refractivity contribution in [1.29, 1.82) is 0 Å². The minimum absolute atomic E-state index is 0.401. The van der Waals surface area contributed by atoms with E-state index in [1.165, 1.54) is 19.3 Å². The first-order chi connectivity index (χ1) is 7.93. The molecule has 2 heterocycles. The van der Waals surface area contributed by atoms with Crippen LogP contribution in [0.25, 0.3) is 30.5 Å². The molecule has 0 N–H and O–H groups in total. The summed E-state index contributed by atoms with van der Waals surface area (Å²) >= 11 is 0.401. The predicted molar refractivity (Wildman–Crippen MR) is 68.2 cm³/mol. The Morgan fingerprint density at radius 3 is 2.50 bits per heavy atom. The topological polar surface area (TPSA) is 13.1 Å². The summed E-state index contributed by atoms with van der Waals surface area (Å²) in [4.78, 5) is 0. The Kier molecular flexibility index (Phi) is 1.62. The third-order valence-electron chi connectivity index (χ3n) is 2.89. The first-order valence-corrected chi connectivity index (χ1v) is 6.93. The summed E-state index contributed by atoms with van der Waals surface area (Å²) in [6, 6.07) is 16.9. The summed E-state index contributed by atoms with van der Waals surface area (Å²) in [5.41, 5.74) is 2.11. The quantitative estimate of drug-likeness (QED) is 0.443. The van der Waals surface area contributed by atoms with Crippen molar-refractivity contribution in [2.45, 2.75) is 0 Å². The normalized spacial score (nSPS) is 11.8. The zero-order chi connectivity index (χ0) is 10.5. The molecule has 0 bridgehead atoms. The Morgan fingerprint density at radius 2 is 1.56 bits per heavy atom. The molecule has 2 heteroatoms. The Hall–Kier alpha value is -1.50. The zero-order valence-electron chi connectivity index (χ0n) is 8.44. The Labute approximate surface area is 98.0 Å². The fourth-order valence-electron chi connectivity index (χ4n) is 2.15. The molecule has 0 spiro atoms. The summed E-state index contributed by atoms with van der Waals surface area (Å²) in [5, 5.41) is 2.57. The van der Waals surface area contributed by atoms with Crippen LogP contribution in [0.1, 0.15) is 0 Å². The van der Waals surface area contributed by atoms with Gasteiger partial charge in [0.05, 0.1) is 0 Å². The van der Waals surface area contributed by atoms with Crippen LogP contribution >= 0.6 is 0 Å². The summed E-state index contributed by atoms with van der Waals surface area (Å²) in [5.74, 6) is 0. The monoisotopic (exact) mass is 272 g/mol. The van der Waals surface area contributed by atoms with Crippen molar-refractivity contribution >= 4 is 45.0 Å². The van der Waals surface area contributed by atoms with E-state index in [9.17, 15) is 0 Å². The van der Waals surface area contributed by atoms with E-state index in [-0.39, 0.29) is 0 Å². The molecule has 0 fully saturated rings. The average molecular weight is 271 g/mol. The average Bonchev–Trinajstić information content (AvgIpc) is 2.85. The molecule has 4 rings (SSSR count). The van der Waals surface area contributed by atoms with Gasteiger partial charge in [0.1, 0.15) is 0 Å². The van der Waals surface area contributed by atoms with Gasteiger partial charge in [0, 0.05) is 0 Å². The maximum absolute atomic E-state index is 5.95. The Morgan fingerprint density at radius 1 is 0.812 bits per heavy atom. The second kappa shape index (κ2) is 3.00. The molecule has 0 unspecified atom stereocenters. The van der Waals surface area contributed by atoms with E-state index in [4.69, 9.17) is 4.42 Å². The first kappa shape index (κ1) is 8.63. The fourth-order valence-corrected chi connectivity index (χ4v) is 4.59. The Bertz CT molecular complexity index is 737. The van der Waals surface area contributed by atoms with Crippen LogP contribution in [0.5, 0.6) is 0 Å². The van der Waals surface area contributed by atoms with Crippen LogP contribution in [0, 0.1) is 0 Å². The van der Waals surface area contributed by atoms with Crippen LogP contribution in [0.4, 0.5) is 0 Å². The van der Waals surface area contributed by atoms with Crippen LogP contribution in [0.3, 0.4) is 0 Å². The predicted octanol–water partition coefficient (Wildman–Crippen LogP) is 3.80. The second-order valence-corrected chi connectivity index (χ2v) is 6.06. The summed E-state index contributed by atoms with van der Waals surface area (Å²) < 4.78 is 8.80. The second-order valence-electron chi connectivity index (χ2n) is 3.85. The number of benzene rings is 2. The van der Waals surface area contributed by atoms with E-state index in [1.54, 1.807) is 0 Å². The van der Waals surface area contributed by atoms with Gasteiger partial charge in [0.2, 0.25) is 0 Å². The van der Waals surface area contributed by atoms with Gasteiger partial charge in [-0.1, -0.05) is 0 Å². The Balaban J connectivity index is 2.35. The van der Waals surface area contributed by atoms with Crippen molar-refractivity contribution in [1.82, 2.24) is 0 Å². The summed E-state index contributed by atoms with van der Waals surface area (Å²) in [7, 11) is 0. The van der Waals surface area contributed by atoms with Crippen LogP contribution in [-0.4, -0.2) is 14.5 Å². The van der Waals surface area contributed by atoms with Crippen molar-refractivity contribution in [3.05, 3.63) is 48.5 Å². The molecule has 0 aliphatic heterocycles. The molecule has 76 valence electrons. The van der Waals surface area contributed by atoms with E-state index in [1.807, 2.05) is 12.1 Å². The van der Waals surface area contributed by atoms with Gasteiger partial charge < -0.3 is 0 Å². The molecule has 0 aliphatic carbocycles. The van der Waals surface area contributed by atoms with E-state index in [0.29, 0.717) is 14.5 Å². The van der Waals surface area contributed by atoms with Crippen LogP contribution in [-0.2, 0) is 0 Å². The number of hydrogen-bond acceptors (Lipinski definition) is 1. The van der Waals surface area contributed by atoms with Crippen molar-refractivity contribution in [3.8, 4) is 0 Å². The number of hydrogen-bond donors (Lipinski definition) is 0. The standard InChI is InChI=1S/C14H8OSe/c1-3-7-11-9(5-1)14-13(15-11)10-6-2-4-8-12(10)16-14/h1-8H. The molecule has 2 aromatic carbocycles. The molecule has 2 aromatic heterocycles. The zero-order valence-corrected chi connectivity index (χ0v) is 10.1.